The van der Waals surface area contributed by atoms with Crippen molar-refractivity contribution in [2.24, 2.45) is 0 Å². The molecule has 0 saturated heterocycles. The third-order valence-corrected chi connectivity index (χ3v) is 2.67. The van der Waals surface area contributed by atoms with Crippen LogP contribution in [0.1, 0.15) is 5.56 Å². The smallest absolute Gasteiger partial charge is 0.414 e. The summed E-state index contributed by atoms with van der Waals surface area (Å²) in [6.45, 7) is 4.80. The summed E-state index contributed by atoms with van der Waals surface area (Å²) in [6.07, 6.45) is 0. The van der Waals surface area contributed by atoms with Crippen LogP contribution in [-0.2, 0) is 14.3 Å². The number of hydrogen-bond acceptors (Lipinski definition) is 6. The van der Waals surface area contributed by atoms with Crippen molar-refractivity contribution in [1.29, 1.82) is 0 Å². The quantitative estimate of drug-likeness (QED) is 0.534. The first-order chi connectivity index (χ1) is 11.3. The Morgan fingerprint density at radius 2 is 1.67 bits per heavy atom. The van der Waals surface area contributed by atoms with E-state index in [9.17, 15) is 0 Å². The van der Waals surface area contributed by atoms with Gasteiger partial charge in [0.2, 0.25) is 0 Å². The summed E-state index contributed by atoms with van der Waals surface area (Å²) >= 11 is 0. The molecule has 0 unspecified atom stereocenters. The molecule has 0 aliphatic carbocycles. The topological polar surface area (TPSA) is 106 Å². The average Bonchev–Trinajstić information content (AvgIpc) is 2.51. The van der Waals surface area contributed by atoms with Crippen molar-refractivity contribution >= 4 is 11.9 Å². The SMILES string of the molecule is COc1cc(C)ccc1OCCOCCN(C)C.O=C(O)C(=O)O. The summed E-state index contributed by atoms with van der Waals surface area (Å²) < 4.78 is 16.3. The van der Waals surface area contributed by atoms with Crippen molar-refractivity contribution in [2.45, 2.75) is 6.92 Å². The minimum absolute atomic E-state index is 0.535. The third kappa shape index (κ3) is 10.4. The van der Waals surface area contributed by atoms with Crippen LogP contribution >= 0.6 is 0 Å². The van der Waals surface area contributed by atoms with Crippen LogP contribution in [0.5, 0.6) is 11.5 Å². The zero-order valence-corrected chi connectivity index (χ0v) is 14.4. The summed E-state index contributed by atoms with van der Waals surface area (Å²) in [5.74, 6) is -2.12. The molecule has 8 heteroatoms. The molecule has 8 nitrogen and oxygen atoms in total. The number of rotatable bonds is 8. The lowest BCUT2D eigenvalue weighted by atomic mass is 10.2. The molecule has 1 aromatic carbocycles. The summed E-state index contributed by atoms with van der Waals surface area (Å²) in [5, 5.41) is 14.8. The molecule has 0 aromatic heterocycles. The predicted molar refractivity (Wildman–Crippen MR) is 87.9 cm³/mol. The van der Waals surface area contributed by atoms with Crippen LogP contribution in [0.15, 0.2) is 18.2 Å². The lowest BCUT2D eigenvalue weighted by Crippen LogP contribution is -2.19. The number of benzene rings is 1. The van der Waals surface area contributed by atoms with Gasteiger partial charge in [-0.25, -0.2) is 9.59 Å². The second-order valence-corrected chi connectivity index (χ2v) is 5.03. The summed E-state index contributed by atoms with van der Waals surface area (Å²) in [7, 11) is 5.70. The van der Waals surface area contributed by atoms with E-state index in [2.05, 4.69) is 4.90 Å². The van der Waals surface area contributed by atoms with Gasteiger partial charge in [0.1, 0.15) is 6.61 Å². The van der Waals surface area contributed by atoms with Crippen LogP contribution in [0, 0.1) is 6.92 Å². The fraction of sp³-hybridized carbons (Fsp3) is 0.500. The van der Waals surface area contributed by atoms with Gasteiger partial charge in [-0.1, -0.05) is 6.07 Å². The van der Waals surface area contributed by atoms with Gasteiger partial charge in [0, 0.05) is 6.54 Å². The molecule has 24 heavy (non-hydrogen) atoms. The van der Waals surface area contributed by atoms with Crippen molar-refractivity contribution in [3.8, 4) is 11.5 Å². The minimum atomic E-state index is -1.82. The molecule has 0 amide bonds. The first kappa shape index (κ1) is 21.7. The van der Waals surface area contributed by atoms with Crippen molar-refractivity contribution in [2.75, 3.05) is 47.6 Å². The van der Waals surface area contributed by atoms with Crippen molar-refractivity contribution in [3.63, 3.8) is 0 Å². The summed E-state index contributed by atoms with van der Waals surface area (Å²) in [5.41, 5.74) is 1.15. The molecule has 1 rings (SSSR count). The van der Waals surface area contributed by atoms with E-state index >= 15 is 0 Å². The molecular formula is C16H25NO7. The maximum Gasteiger partial charge on any atom is 0.414 e. The van der Waals surface area contributed by atoms with E-state index in [1.54, 1.807) is 7.11 Å². The van der Waals surface area contributed by atoms with E-state index < -0.39 is 11.9 Å². The van der Waals surface area contributed by atoms with Gasteiger partial charge in [0.15, 0.2) is 11.5 Å². The average molecular weight is 343 g/mol. The van der Waals surface area contributed by atoms with E-state index in [0.717, 1.165) is 30.2 Å². The molecule has 136 valence electrons. The highest BCUT2D eigenvalue weighted by Gasteiger charge is 2.04. The molecule has 0 spiro atoms. The predicted octanol–water partition coefficient (Wildman–Crippen LogP) is 1.12. The van der Waals surface area contributed by atoms with Gasteiger partial charge in [-0.05, 0) is 38.7 Å². The largest absolute Gasteiger partial charge is 0.493 e. The van der Waals surface area contributed by atoms with Gasteiger partial charge in [-0.15, -0.1) is 0 Å². The van der Waals surface area contributed by atoms with Crippen LogP contribution in [0.25, 0.3) is 0 Å². The van der Waals surface area contributed by atoms with Crippen LogP contribution in [0.4, 0.5) is 0 Å². The Morgan fingerprint density at radius 1 is 1.04 bits per heavy atom. The third-order valence-electron chi connectivity index (χ3n) is 2.67. The van der Waals surface area contributed by atoms with Gasteiger partial charge in [-0.3, -0.25) is 0 Å². The number of methoxy groups -OCH3 is 1. The molecule has 0 heterocycles. The Labute approximate surface area is 141 Å². The highest BCUT2D eigenvalue weighted by atomic mass is 16.5. The van der Waals surface area contributed by atoms with Gasteiger partial charge in [0.25, 0.3) is 0 Å². The molecule has 2 N–H and O–H groups in total. The number of nitrogens with zero attached hydrogens (tertiary/aromatic N) is 1. The number of carboxylic acids is 2. The molecule has 0 atom stereocenters. The van der Waals surface area contributed by atoms with Crippen LogP contribution < -0.4 is 9.47 Å². The molecule has 0 bridgehead atoms. The van der Waals surface area contributed by atoms with Crippen LogP contribution in [-0.4, -0.2) is 74.6 Å². The lowest BCUT2D eigenvalue weighted by molar-refractivity contribution is -0.159. The Bertz CT molecular complexity index is 505. The number of hydrogen-bond donors (Lipinski definition) is 2. The van der Waals surface area contributed by atoms with Crippen molar-refractivity contribution < 1.29 is 34.0 Å². The van der Waals surface area contributed by atoms with E-state index in [4.69, 9.17) is 34.0 Å². The van der Waals surface area contributed by atoms with Gasteiger partial charge in [-0.2, -0.15) is 0 Å². The number of ether oxygens (including phenoxy) is 3. The van der Waals surface area contributed by atoms with Crippen LogP contribution in [0.3, 0.4) is 0 Å². The fourth-order valence-electron chi connectivity index (χ4n) is 1.45. The molecule has 0 aliphatic heterocycles. The van der Waals surface area contributed by atoms with E-state index in [0.29, 0.717) is 13.2 Å². The first-order valence-electron chi connectivity index (χ1n) is 7.24. The number of likely N-dealkylation sites (N-methyl/N-ethyl adjacent to an activating group) is 1. The number of aryl methyl sites for hydroxylation is 1. The van der Waals surface area contributed by atoms with Gasteiger partial charge in [0.05, 0.1) is 20.3 Å². The number of carboxylic acid groups (broad SMARTS) is 2. The fourth-order valence-corrected chi connectivity index (χ4v) is 1.45. The standard InChI is InChI=1S/C14H23NO3.C2H2O4/c1-12-5-6-13(14(11-12)16-4)18-10-9-17-8-7-15(2)3;3-1(4)2(5)6/h5-6,11H,7-10H2,1-4H3;(H,3,4)(H,5,6). The highest BCUT2D eigenvalue weighted by molar-refractivity contribution is 6.27. The lowest BCUT2D eigenvalue weighted by Gasteiger charge is -2.12. The first-order valence-corrected chi connectivity index (χ1v) is 7.24. The normalized spacial score (nSPS) is 9.88. The molecular weight excluding hydrogens is 318 g/mol. The van der Waals surface area contributed by atoms with E-state index in [1.807, 2.05) is 39.2 Å². The molecule has 0 fully saturated rings. The zero-order chi connectivity index (χ0) is 18.5. The van der Waals surface area contributed by atoms with Gasteiger partial charge >= 0.3 is 11.9 Å². The minimum Gasteiger partial charge on any atom is -0.493 e. The molecule has 0 radical (unpaired) electrons. The second-order valence-electron chi connectivity index (χ2n) is 5.03. The zero-order valence-electron chi connectivity index (χ0n) is 14.4. The molecule has 0 saturated carbocycles. The van der Waals surface area contributed by atoms with E-state index in [1.165, 1.54) is 0 Å². The Hall–Kier alpha value is -2.32. The van der Waals surface area contributed by atoms with E-state index in [-0.39, 0.29) is 0 Å². The van der Waals surface area contributed by atoms with Gasteiger partial charge < -0.3 is 29.3 Å². The van der Waals surface area contributed by atoms with Crippen molar-refractivity contribution in [3.05, 3.63) is 23.8 Å². The Morgan fingerprint density at radius 3 is 2.17 bits per heavy atom. The Balaban J connectivity index is 0.000000754. The number of carbonyl (C=O) groups is 2. The monoisotopic (exact) mass is 343 g/mol. The van der Waals surface area contributed by atoms with Crippen LogP contribution in [0.2, 0.25) is 0 Å². The highest BCUT2D eigenvalue weighted by Crippen LogP contribution is 2.27. The summed E-state index contributed by atoms with van der Waals surface area (Å²) in [4.78, 5) is 20.3. The summed E-state index contributed by atoms with van der Waals surface area (Å²) in [6, 6.07) is 5.89. The molecule has 0 aliphatic rings. The number of aliphatic carboxylic acids is 2. The molecule has 1 aromatic rings. The van der Waals surface area contributed by atoms with Crippen molar-refractivity contribution in [1.82, 2.24) is 4.90 Å². The maximum absolute atomic E-state index is 9.10. The maximum atomic E-state index is 9.10. The Kier molecular flexibility index (Phi) is 11.0. The second kappa shape index (κ2) is 12.1.